The van der Waals surface area contributed by atoms with Crippen LogP contribution in [-0.2, 0) is 16.0 Å². The Labute approximate surface area is 249 Å². The number of ether oxygens (including phenoxy) is 1. The van der Waals surface area contributed by atoms with Gasteiger partial charge in [-0.05, 0) is 49.1 Å². The molecule has 1 aromatic heterocycles. The number of hydrogen-bond donors (Lipinski definition) is 2. The summed E-state index contributed by atoms with van der Waals surface area (Å²) in [6.45, 7) is 5.22. The van der Waals surface area contributed by atoms with E-state index >= 15 is 0 Å². The van der Waals surface area contributed by atoms with Crippen LogP contribution in [0.3, 0.4) is 0 Å². The molecule has 0 bridgehead atoms. The van der Waals surface area contributed by atoms with Gasteiger partial charge in [-0.3, -0.25) is 14.4 Å². The van der Waals surface area contributed by atoms with Crippen LogP contribution >= 0.6 is 0 Å². The van der Waals surface area contributed by atoms with Gasteiger partial charge in [-0.1, -0.05) is 75.7 Å². The fourth-order valence-electron chi connectivity index (χ4n) is 6.79. The highest BCUT2D eigenvalue weighted by Gasteiger charge is 2.42. The molecular weight excluding hydrogens is 532 g/mol. The van der Waals surface area contributed by atoms with Crippen LogP contribution in [0.4, 0.5) is 0 Å². The second kappa shape index (κ2) is 13.7. The van der Waals surface area contributed by atoms with Crippen LogP contribution in [0.15, 0.2) is 41.1 Å². The van der Waals surface area contributed by atoms with E-state index in [0.29, 0.717) is 25.4 Å². The number of aromatic nitrogens is 1. The van der Waals surface area contributed by atoms with Gasteiger partial charge in [0.05, 0.1) is 6.20 Å². The zero-order valence-corrected chi connectivity index (χ0v) is 25.1. The van der Waals surface area contributed by atoms with E-state index < -0.39 is 18.0 Å². The molecule has 1 aromatic carbocycles. The molecule has 2 aliphatic heterocycles. The maximum atomic E-state index is 13.9. The Morgan fingerprint density at radius 1 is 1.05 bits per heavy atom. The Morgan fingerprint density at radius 2 is 1.81 bits per heavy atom. The van der Waals surface area contributed by atoms with Gasteiger partial charge in [0.1, 0.15) is 23.4 Å². The maximum Gasteiger partial charge on any atom is 0.290 e. The summed E-state index contributed by atoms with van der Waals surface area (Å²) in [5, 5.41) is 9.55. The molecule has 228 valence electrons. The van der Waals surface area contributed by atoms with Crippen LogP contribution in [0.2, 0.25) is 0 Å². The minimum absolute atomic E-state index is 0.0564. The van der Waals surface area contributed by atoms with Crippen molar-refractivity contribution in [3.05, 3.63) is 47.9 Å². The van der Waals surface area contributed by atoms with E-state index in [1.54, 1.807) is 0 Å². The molecule has 3 amide bonds. The van der Waals surface area contributed by atoms with Crippen molar-refractivity contribution in [1.29, 1.82) is 0 Å². The molecule has 9 heteroatoms. The molecule has 1 saturated carbocycles. The third-order valence-corrected chi connectivity index (χ3v) is 9.78. The standard InChI is InChI=1S/C33H46N4O5/c1-3-23(2)29(32(40)37-21-18-33(19-22-37)17-15-25-11-7-8-12-27(25)41-33)36-30(38)26(14-13-24-9-5-4-6-10-24)35-31(39)28-16-20-34-42-28/h7-8,11-12,16,20,23-24,26,29H,3-6,9-10,13-15,17-19,21-22H2,1-2H3,(H,35,39)(H,36,38)/t23-,26-,29-/m0/s1. The number of para-hydroxylation sites is 1. The van der Waals surface area contributed by atoms with Gasteiger partial charge in [-0.25, -0.2) is 0 Å². The predicted octanol–water partition coefficient (Wildman–Crippen LogP) is 5.05. The zero-order valence-electron chi connectivity index (χ0n) is 25.1. The van der Waals surface area contributed by atoms with Crippen molar-refractivity contribution in [1.82, 2.24) is 20.7 Å². The van der Waals surface area contributed by atoms with E-state index in [1.807, 2.05) is 36.9 Å². The van der Waals surface area contributed by atoms with Gasteiger partial charge in [-0.2, -0.15) is 0 Å². The molecule has 1 saturated heterocycles. The molecule has 2 aromatic rings. The largest absolute Gasteiger partial charge is 0.487 e. The SMILES string of the molecule is CC[C@H](C)[C@H](NC(=O)[C@H](CCC1CCCCC1)NC(=O)c1ccno1)C(=O)N1CCC2(CCc3ccccc3O2)CC1. The first-order valence-corrected chi connectivity index (χ1v) is 15.9. The first-order valence-electron chi connectivity index (χ1n) is 15.9. The zero-order chi connectivity index (χ0) is 29.5. The van der Waals surface area contributed by atoms with Crippen LogP contribution in [0.25, 0.3) is 0 Å². The lowest BCUT2D eigenvalue weighted by Crippen LogP contribution is -2.59. The summed E-state index contributed by atoms with van der Waals surface area (Å²) in [5.41, 5.74) is 1.00. The molecule has 0 unspecified atom stereocenters. The van der Waals surface area contributed by atoms with Crippen LogP contribution in [0, 0.1) is 11.8 Å². The number of piperidine rings is 1. The van der Waals surface area contributed by atoms with Crippen molar-refractivity contribution in [2.24, 2.45) is 11.8 Å². The maximum absolute atomic E-state index is 13.9. The number of nitrogens with one attached hydrogen (secondary N) is 2. The molecule has 2 fully saturated rings. The van der Waals surface area contributed by atoms with Gasteiger partial charge < -0.3 is 24.8 Å². The molecule has 2 N–H and O–H groups in total. The molecule has 1 aliphatic carbocycles. The van der Waals surface area contributed by atoms with Gasteiger partial charge in [-0.15, -0.1) is 0 Å². The van der Waals surface area contributed by atoms with Crippen LogP contribution in [0.5, 0.6) is 5.75 Å². The summed E-state index contributed by atoms with van der Waals surface area (Å²) < 4.78 is 11.5. The van der Waals surface area contributed by atoms with Gasteiger partial charge >= 0.3 is 0 Å². The number of likely N-dealkylation sites (tertiary alicyclic amines) is 1. The minimum atomic E-state index is -0.760. The highest BCUT2D eigenvalue weighted by molar-refractivity contribution is 5.96. The Kier molecular flexibility index (Phi) is 9.85. The summed E-state index contributed by atoms with van der Waals surface area (Å²) in [7, 11) is 0. The summed E-state index contributed by atoms with van der Waals surface area (Å²) in [4.78, 5) is 42.4. The summed E-state index contributed by atoms with van der Waals surface area (Å²) >= 11 is 0. The van der Waals surface area contributed by atoms with Crippen molar-refractivity contribution >= 4 is 17.7 Å². The molecule has 42 heavy (non-hydrogen) atoms. The second-order valence-corrected chi connectivity index (χ2v) is 12.6. The van der Waals surface area contributed by atoms with Crippen molar-refractivity contribution in [3.8, 4) is 5.75 Å². The number of benzene rings is 1. The van der Waals surface area contributed by atoms with Crippen molar-refractivity contribution < 1.29 is 23.6 Å². The number of carbonyl (C=O) groups excluding carboxylic acids is 3. The third kappa shape index (κ3) is 7.16. The molecule has 3 heterocycles. The minimum Gasteiger partial charge on any atom is -0.487 e. The van der Waals surface area contributed by atoms with Crippen molar-refractivity contribution in [2.45, 2.75) is 109 Å². The lowest BCUT2D eigenvalue weighted by atomic mass is 9.82. The molecule has 0 radical (unpaired) electrons. The van der Waals surface area contributed by atoms with Gasteiger partial charge in [0.25, 0.3) is 5.91 Å². The first-order chi connectivity index (χ1) is 20.4. The number of nitrogens with zero attached hydrogens (tertiary/aromatic N) is 2. The third-order valence-electron chi connectivity index (χ3n) is 9.78. The fourth-order valence-corrected chi connectivity index (χ4v) is 6.79. The fraction of sp³-hybridized carbons (Fsp3) is 0.636. The topological polar surface area (TPSA) is 114 Å². The molecule has 3 aliphatic rings. The molecule has 9 nitrogen and oxygen atoms in total. The van der Waals surface area contributed by atoms with Gasteiger partial charge in [0, 0.05) is 32.0 Å². The Morgan fingerprint density at radius 3 is 2.52 bits per heavy atom. The number of hydrogen-bond acceptors (Lipinski definition) is 6. The van der Waals surface area contributed by atoms with E-state index in [2.05, 4.69) is 21.9 Å². The van der Waals surface area contributed by atoms with E-state index in [-0.39, 0.29) is 29.1 Å². The van der Waals surface area contributed by atoms with Gasteiger partial charge in [0.15, 0.2) is 0 Å². The first kappa shape index (κ1) is 30.1. The summed E-state index contributed by atoms with van der Waals surface area (Å²) in [6.07, 6.45) is 13.0. The normalized spacial score (nSPS) is 20.6. The molecule has 5 rings (SSSR count). The van der Waals surface area contributed by atoms with Crippen molar-refractivity contribution in [3.63, 3.8) is 0 Å². The smallest absolute Gasteiger partial charge is 0.290 e. The number of aryl methyl sites for hydroxylation is 1. The van der Waals surface area contributed by atoms with Crippen molar-refractivity contribution in [2.75, 3.05) is 13.1 Å². The lowest BCUT2D eigenvalue weighted by Gasteiger charge is -2.45. The average molecular weight is 579 g/mol. The molecule has 1 spiro atoms. The molecule has 3 atom stereocenters. The second-order valence-electron chi connectivity index (χ2n) is 12.6. The quantitative estimate of drug-likeness (QED) is 0.408. The lowest BCUT2D eigenvalue weighted by molar-refractivity contribution is -0.141. The summed E-state index contributed by atoms with van der Waals surface area (Å²) in [6, 6.07) is 8.27. The number of amides is 3. The van der Waals surface area contributed by atoms with E-state index in [1.165, 1.54) is 37.1 Å². The summed E-state index contributed by atoms with van der Waals surface area (Å²) in [5.74, 6) is 0.666. The number of rotatable bonds is 10. The van der Waals surface area contributed by atoms with E-state index in [9.17, 15) is 14.4 Å². The van der Waals surface area contributed by atoms with Gasteiger partial charge in [0.2, 0.25) is 17.6 Å². The Bertz CT molecular complexity index is 1200. The van der Waals surface area contributed by atoms with Crippen LogP contribution < -0.4 is 15.4 Å². The van der Waals surface area contributed by atoms with Crippen LogP contribution in [0.1, 0.15) is 101 Å². The Balaban J connectivity index is 1.23. The Hall–Kier alpha value is -3.36. The number of carbonyl (C=O) groups is 3. The highest BCUT2D eigenvalue weighted by Crippen LogP contribution is 2.39. The highest BCUT2D eigenvalue weighted by atomic mass is 16.5. The monoisotopic (exact) mass is 578 g/mol. The molecular formula is C33H46N4O5. The van der Waals surface area contributed by atoms with Crippen LogP contribution in [-0.4, -0.2) is 58.6 Å². The van der Waals surface area contributed by atoms with E-state index in [4.69, 9.17) is 9.26 Å². The van der Waals surface area contributed by atoms with E-state index in [0.717, 1.165) is 57.1 Å². The average Bonchev–Trinajstić information content (AvgIpc) is 3.57. The predicted molar refractivity (Wildman–Crippen MR) is 159 cm³/mol. The number of fused-ring (bicyclic) bond motifs is 1.